The summed E-state index contributed by atoms with van der Waals surface area (Å²) >= 11 is 3.64. The number of nitrogens with zero attached hydrogens (tertiary/aromatic N) is 1. The highest BCUT2D eigenvalue weighted by Crippen LogP contribution is 2.47. The Hall–Kier alpha value is -0.640. The molecule has 0 aliphatic heterocycles. The van der Waals surface area contributed by atoms with E-state index in [2.05, 4.69) is 28.1 Å². The van der Waals surface area contributed by atoms with Crippen LogP contribution in [0.1, 0.15) is 25.7 Å². The SMILES string of the molecule is O=[N+]([O-])CCCCC1=C(Br)[C@H]2C=C[C@@H]1C2. The van der Waals surface area contributed by atoms with Crippen LogP contribution in [0.3, 0.4) is 0 Å². The van der Waals surface area contributed by atoms with Crippen LogP contribution in [0, 0.1) is 22.0 Å². The first-order valence-electron chi connectivity index (χ1n) is 5.37. The van der Waals surface area contributed by atoms with Gasteiger partial charge < -0.3 is 0 Å². The Morgan fingerprint density at radius 1 is 1.40 bits per heavy atom. The molecule has 0 aromatic heterocycles. The Morgan fingerprint density at radius 2 is 2.13 bits per heavy atom. The molecule has 3 nitrogen and oxygen atoms in total. The fraction of sp³-hybridized carbons (Fsp3) is 0.636. The Balaban J connectivity index is 1.78. The summed E-state index contributed by atoms with van der Waals surface area (Å²) in [6, 6.07) is 0. The van der Waals surface area contributed by atoms with Gasteiger partial charge in [0, 0.05) is 21.7 Å². The van der Waals surface area contributed by atoms with Crippen LogP contribution < -0.4 is 0 Å². The van der Waals surface area contributed by atoms with E-state index in [4.69, 9.17) is 0 Å². The van der Waals surface area contributed by atoms with Crippen molar-refractivity contribution in [3.63, 3.8) is 0 Å². The molecule has 2 aliphatic carbocycles. The third kappa shape index (κ3) is 2.30. The highest BCUT2D eigenvalue weighted by molar-refractivity contribution is 9.11. The molecule has 0 aromatic carbocycles. The Labute approximate surface area is 97.5 Å². The van der Waals surface area contributed by atoms with Crippen LogP contribution in [0.5, 0.6) is 0 Å². The zero-order valence-corrected chi connectivity index (χ0v) is 10.1. The summed E-state index contributed by atoms with van der Waals surface area (Å²) in [7, 11) is 0. The van der Waals surface area contributed by atoms with Crippen LogP contribution >= 0.6 is 15.9 Å². The lowest BCUT2D eigenvalue weighted by molar-refractivity contribution is -0.480. The van der Waals surface area contributed by atoms with Crippen molar-refractivity contribution in [3.05, 3.63) is 32.3 Å². The van der Waals surface area contributed by atoms with Crippen molar-refractivity contribution in [2.45, 2.75) is 25.7 Å². The van der Waals surface area contributed by atoms with E-state index in [-0.39, 0.29) is 11.5 Å². The molecule has 0 unspecified atom stereocenters. The van der Waals surface area contributed by atoms with Crippen molar-refractivity contribution >= 4 is 15.9 Å². The minimum Gasteiger partial charge on any atom is -0.265 e. The van der Waals surface area contributed by atoms with Gasteiger partial charge >= 0.3 is 0 Å². The number of hydrogen-bond acceptors (Lipinski definition) is 2. The molecule has 15 heavy (non-hydrogen) atoms. The maximum atomic E-state index is 10.2. The third-order valence-corrected chi connectivity index (χ3v) is 4.30. The molecule has 4 heteroatoms. The van der Waals surface area contributed by atoms with Crippen molar-refractivity contribution in [2.24, 2.45) is 11.8 Å². The lowest BCUT2D eigenvalue weighted by atomic mass is 9.98. The zero-order valence-electron chi connectivity index (χ0n) is 8.49. The van der Waals surface area contributed by atoms with Gasteiger partial charge in [-0.1, -0.05) is 33.7 Å². The largest absolute Gasteiger partial charge is 0.265 e. The molecule has 0 N–H and O–H groups in total. The van der Waals surface area contributed by atoms with Gasteiger partial charge in [-0.2, -0.15) is 0 Å². The molecule has 0 saturated carbocycles. The number of hydrogen-bond donors (Lipinski definition) is 0. The standard InChI is InChI=1S/C11H14BrNO2/c12-11-9-5-4-8(7-9)10(11)3-1-2-6-13(14)15/h4-5,8-9H,1-3,6-7H2/t8-,9+/m1/s1. The smallest absolute Gasteiger partial charge is 0.203 e. The van der Waals surface area contributed by atoms with Crippen LogP contribution in [0.15, 0.2) is 22.2 Å². The molecule has 0 fully saturated rings. The number of rotatable bonds is 5. The van der Waals surface area contributed by atoms with Crippen LogP contribution in [0.4, 0.5) is 0 Å². The van der Waals surface area contributed by atoms with Crippen LogP contribution in [0.2, 0.25) is 0 Å². The topological polar surface area (TPSA) is 43.1 Å². The quantitative estimate of drug-likeness (QED) is 0.333. The summed E-state index contributed by atoms with van der Waals surface area (Å²) in [4.78, 5) is 9.93. The van der Waals surface area contributed by atoms with Gasteiger partial charge in [-0.25, -0.2) is 0 Å². The van der Waals surface area contributed by atoms with Gasteiger partial charge in [-0.05, 0) is 25.2 Å². The second kappa shape index (κ2) is 4.47. The molecular formula is C11H14BrNO2. The first kappa shape index (κ1) is 10.9. The van der Waals surface area contributed by atoms with Gasteiger partial charge in [-0.15, -0.1) is 0 Å². The minimum atomic E-state index is -0.232. The monoisotopic (exact) mass is 271 g/mol. The summed E-state index contributed by atoms with van der Waals surface area (Å²) in [5, 5.41) is 10.2. The number of fused-ring (bicyclic) bond motifs is 2. The predicted molar refractivity (Wildman–Crippen MR) is 62.4 cm³/mol. The van der Waals surface area contributed by atoms with E-state index in [9.17, 15) is 10.1 Å². The first-order valence-corrected chi connectivity index (χ1v) is 6.16. The van der Waals surface area contributed by atoms with E-state index in [1.807, 2.05) is 0 Å². The molecule has 0 aromatic rings. The van der Waals surface area contributed by atoms with Crippen molar-refractivity contribution in [1.82, 2.24) is 0 Å². The van der Waals surface area contributed by atoms with Crippen molar-refractivity contribution in [1.29, 1.82) is 0 Å². The Morgan fingerprint density at radius 3 is 2.73 bits per heavy atom. The van der Waals surface area contributed by atoms with Crippen molar-refractivity contribution in [2.75, 3.05) is 6.54 Å². The van der Waals surface area contributed by atoms with Crippen molar-refractivity contribution in [3.8, 4) is 0 Å². The maximum Gasteiger partial charge on any atom is 0.203 e. The Bertz CT molecular complexity index is 335. The molecule has 0 saturated heterocycles. The van der Waals surface area contributed by atoms with Gasteiger partial charge in [0.2, 0.25) is 6.54 Å². The summed E-state index contributed by atoms with van der Waals surface area (Å²) in [6.45, 7) is 0.106. The Kier molecular flexibility index (Phi) is 3.24. The second-order valence-corrected chi connectivity index (χ2v) is 5.07. The van der Waals surface area contributed by atoms with E-state index in [1.165, 1.54) is 16.5 Å². The average Bonchev–Trinajstić information content (AvgIpc) is 2.74. The highest BCUT2D eigenvalue weighted by Gasteiger charge is 2.33. The molecule has 0 heterocycles. The van der Waals surface area contributed by atoms with E-state index < -0.39 is 0 Å². The van der Waals surface area contributed by atoms with Gasteiger partial charge in [0.05, 0.1) is 0 Å². The van der Waals surface area contributed by atoms with Crippen LogP contribution in [-0.2, 0) is 0 Å². The molecule has 0 spiro atoms. The normalized spacial score (nSPS) is 27.8. The van der Waals surface area contributed by atoms with Gasteiger partial charge in [0.1, 0.15) is 0 Å². The lowest BCUT2D eigenvalue weighted by Gasteiger charge is -2.11. The number of halogens is 1. The predicted octanol–water partition coefficient (Wildman–Crippen LogP) is 3.29. The van der Waals surface area contributed by atoms with Gasteiger partial charge in [0.15, 0.2) is 0 Å². The molecule has 82 valence electrons. The van der Waals surface area contributed by atoms with E-state index >= 15 is 0 Å². The molecule has 2 bridgehead atoms. The molecule has 2 rings (SSSR count). The van der Waals surface area contributed by atoms with E-state index in [0.29, 0.717) is 18.3 Å². The van der Waals surface area contributed by atoms with Gasteiger partial charge in [-0.3, -0.25) is 10.1 Å². The molecule has 2 atom stereocenters. The van der Waals surface area contributed by atoms with E-state index in [1.54, 1.807) is 0 Å². The first-order chi connectivity index (χ1) is 7.18. The minimum absolute atomic E-state index is 0.106. The lowest BCUT2D eigenvalue weighted by Crippen LogP contribution is -2.01. The third-order valence-electron chi connectivity index (χ3n) is 3.20. The molecular weight excluding hydrogens is 258 g/mol. The molecule has 0 amide bonds. The zero-order chi connectivity index (χ0) is 10.8. The summed E-state index contributed by atoms with van der Waals surface area (Å²) in [6.07, 6.45) is 8.39. The van der Waals surface area contributed by atoms with Gasteiger partial charge in [0.25, 0.3) is 0 Å². The molecule has 2 aliphatic rings. The highest BCUT2D eigenvalue weighted by atomic mass is 79.9. The number of allylic oxidation sites excluding steroid dienone is 4. The van der Waals surface area contributed by atoms with E-state index in [0.717, 1.165) is 12.8 Å². The summed E-state index contributed by atoms with van der Waals surface area (Å²) in [5.41, 5.74) is 1.48. The van der Waals surface area contributed by atoms with Crippen LogP contribution in [-0.4, -0.2) is 11.5 Å². The fourth-order valence-electron chi connectivity index (χ4n) is 2.42. The molecule has 0 radical (unpaired) electrons. The van der Waals surface area contributed by atoms with Crippen molar-refractivity contribution < 1.29 is 4.92 Å². The fourth-order valence-corrected chi connectivity index (χ4v) is 3.25. The van der Waals surface area contributed by atoms with Crippen LogP contribution in [0.25, 0.3) is 0 Å². The maximum absolute atomic E-state index is 10.2. The second-order valence-electron chi connectivity index (χ2n) is 4.22. The average molecular weight is 272 g/mol. The summed E-state index contributed by atoms with van der Waals surface area (Å²) < 4.78 is 1.34. The number of unbranched alkanes of at least 4 members (excludes halogenated alkanes) is 1. The number of nitro groups is 1. The summed E-state index contributed by atoms with van der Waals surface area (Å²) in [5.74, 6) is 1.21.